The number of nitrogens with zero attached hydrogens (tertiary/aromatic N) is 1. The molecule has 0 fully saturated rings. The average Bonchev–Trinajstić information content (AvgIpc) is 2.67. The Hall–Kier alpha value is -2.99. The molecule has 0 saturated carbocycles. The first-order valence-corrected chi connectivity index (χ1v) is 9.75. The lowest BCUT2D eigenvalue weighted by atomic mass is 10.1. The molecule has 0 spiro atoms. The van der Waals surface area contributed by atoms with Crippen LogP contribution in [-0.4, -0.2) is 34.4 Å². The molecular formula is C23H26FN3O2. The minimum Gasteiger partial charge on any atom is -0.348 e. The van der Waals surface area contributed by atoms with Gasteiger partial charge < -0.3 is 10.3 Å². The summed E-state index contributed by atoms with van der Waals surface area (Å²) in [6, 6.07) is 15.9. The molecule has 1 unspecified atom stereocenters. The highest BCUT2D eigenvalue weighted by Gasteiger charge is 2.18. The van der Waals surface area contributed by atoms with Crippen LogP contribution < -0.4 is 10.9 Å². The first-order chi connectivity index (χ1) is 13.8. The second-order valence-corrected chi connectivity index (χ2v) is 7.63. The van der Waals surface area contributed by atoms with E-state index in [1.54, 1.807) is 6.07 Å². The van der Waals surface area contributed by atoms with E-state index in [-0.39, 0.29) is 11.6 Å². The fourth-order valence-corrected chi connectivity index (χ4v) is 3.32. The maximum absolute atomic E-state index is 13.3. The predicted molar refractivity (Wildman–Crippen MR) is 113 cm³/mol. The Bertz CT molecular complexity index is 1050. The number of aromatic nitrogens is 1. The molecule has 0 bridgehead atoms. The molecule has 1 aromatic heterocycles. The fourth-order valence-electron chi connectivity index (χ4n) is 3.32. The monoisotopic (exact) mass is 395 g/mol. The SMILES string of the molecule is CC(CN(Cc1ccccc1)C(C)C)NC(=O)c1cc2ccc(F)cc2[nH]c1=O. The zero-order valence-corrected chi connectivity index (χ0v) is 16.9. The lowest BCUT2D eigenvalue weighted by molar-refractivity contribution is 0.0920. The summed E-state index contributed by atoms with van der Waals surface area (Å²) < 4.78 is 13.3. The number of H-pyrrole nitrogens is 1. The molecule has 0 aliphatic carbocycles. The topological polar surface area (TPSA) is 65.2 Å². The van der Waals surface area contributed by atoms with Crippen molar-refractivity contribution in [2.24, 2.45) is 0 Å². The van der Waals surface area contributed by atoms with E-state index >= 15 is 0 Å². The molecule has 0 radical (unpaired) electrons. The Morgan fingerprint density at radius 1 is 1.10 bits per heavy atom. The predicted octanol–water partition coefficient (Wildman–Crippen LogP) is 3.70. The molecule has 1 atom stereocenters. The van der Waals surface area contributed by atoms with Crippen molar-refractivity contribution in [3.05, 3.63) is 81.9 Å². The summed E-state index contributed by atoms with van der Waals surface area (Å²) in [5, 5.41) is 3.52. The summed E-state index contributed by atoms with van der Waals surface area (Å²) in [7, 11) is 0. The van der Waals surface area contributed by atoms with Gasteiger partial charge in [0.25, 0.3) is 11.5 Å². The quantitative estimate of drug-likeness (QED) is 0.641. The zero-order valence-electron chi connectivity index (χ0n) is 16.9. The molecule has 0 aliphatic rings. The molecular weight excluding hydrogens is 369 g/mol. The molecule has 2 N–H and O–H groups in total. The van der Waals surface area contributed by atoms with Gasteiger partial charge in [0.2, 0.25) is 0 Å². The molecule has 1 heterocycles. The molecule has 0 saturated heterocycles. The number of rotatable bonds is 7. The highest BCUT2D eigenvalue weighted by atomic mass is 19.1. The van der Waals surface area contributed by atoms with Crippen molar-refractivity contribution in [1.82, 2.24) is 15.2 Å². The molecule has 5 nitrogen and oxygen atoms in total. The number of carbonyl (C=O) groups excluding carboxylic acids is 1. The second kappa shape index (κ2) is 9.01. The third-order valence-electron chi connectivity index (χ3n) is 4.90. The lowest BCUT2D eigenvalue weighted by Gasteiger charge is -2.29. The smallest absolute Gasteiger partial charge is 0.261 e. The third-order valence-corrected chi connectivity index (χ3v) is 4.90. The van der Waals surface area contributed by atoms with Gasteiger partial charge in [-0.2, -0.15) is 0 Å². The van der Waals surface area contributed by atoms with E-state index in [4.69, 9.17) is 0 Å². The number of carbonyl (C=O) groups is 1. The van der Waals surface area contributed by atoms with Crippen molar-refractivity contribution >= 4 is 16.8 Å². The maximum Gasteiger partial charge on any atom is 0.261 e. The summed E-state index contributed by atoms with van der Waals surface area (Å²) >= 11 is 0. The number of aromatic amines is 1. The number of halogens is 1. The van der Waals surface area contributed by atoms with Gasteiger partial charge in [0.1, 0.15) is 11.4 Å². The number of hydrogen-bond donors (Lipinski definition) is 2. The Labute approximate surface area is 169 Å². The normalized spacial score (nSPS) is 12.5. The van der Waals surface area contributed by atoms with Gasteiger partial charge in [0, 0.05) is 25.2 Å². The first kappa shape index (κ1) is 20.7. The number of benzene rings is 2. The number of amides is 1. The highest BCUT2D eigenvalue weighted by Crippen LogP contribution is 2.13. The van der Waals surface area contributed by atoms with Crippen molar-refractivity contribution < 1.29 is 9.18 Å². The van der Waals surface area contributed by atoms with Crippen LogP contribution in [0.3, 0.4) is 0 Å². The van der Waals surface area contributed by atoms with Crippen LogP contribution >= 0.6 is 0 Å². The van der Waals surface area contributed by atoms with Crippen molar-refractivity contribution in [3.63, 3.8) is 0 Å². The van der Waals surface area contributed by atoms with Gasteiger partial charge >= 0.3 is 0 Å². The first-order valence-electron chi connectivity index (χ1n) is 9.75. The van der Waals surface area contributed by atoms with Crippen molar-refractivity contribution in [1.29, 1.82) is 0 Å². The van der Waals surface area contributed by atoms with Gasteiger partial charge in [-0.1, -0.05) is 30.3 Å². The van der Waals surface area contributed by atoms with Gasteiger partial charge in [-0.15, -0.1) is 0 Å². The fraction of sp³-hybridized carbons (Fsp3) is 0.304. The van der Waals surface area contributed by atoms with Crippen LogP contribution in [0.4, 0.5) is 4.39 Å². The Balaban J connectivity index is 1.70. The third kappa shape index (κ3) is 5.29. The number of nitrogens with one attached hydrogen (secondary N) is 2. The minimum absolute atomic E-state index is 0.0233. The number of pyridine rings is 1. The lowest BCUT2D eigenvalue weighted by Crippen LogP contribution is -2.45. The van der Waals surface area contributed by atoms with E-state index in [0.717, 1.165) is 6.54 Å². The molecule has 2 aromatic carbocycles. The van der Waals surface area contributed by atoms with E-state index in [0.29, 0.717) is 23.5 Å². The average molecular weight is 395 g/mol. The van der Waals surface area contributed by atoms with Crippen LogP contribution in [0.5, 0.6) is 0 Å². The second-order valence-electron chi connectivity index (χ2n) is 7.63. The van der Waals surface area contributed by atoms with Crippen molar-refractivity contribution in [2.75, 3.05) is 6.54 Å². The van der Waals surface area contributed by atoms with Crippen molar-refractivity contribution in [2.45, 2.75) is 39.4 Å². The molecule has 0 aliphatic heterocycles. The van der Waals surface area contributed by atoms with Crippen LogP contribution in [0.15, 0.2) is 59.4 Å². The largest absolute Gasteiger partial charge is 0.348 e. The summed E-state index contributed by atoms with van der Waals surface area (Å²) in [6.45, 7) is 7.58. The molecule has 3 aromatic rings. The Morgan fingerprint density at radius 3 is 2.52 bits per heavy atom. The molecule has 29 heavy (non-hydrogen) atoms. The Kier molecular flexibility index (Phi) is 6.44. The van der Waals surface area contributed by atoms with Gasteiger partial charge in [-0.3, -0.25) is 14.5 Å². The van der Waals surface area contributed by atoms with Crippen LogP contribution in [-0.2, 0) is 6.54 Å². The summed E-state index contributed by atoms with van der Waals surface area (Å²) in [5.74, 6) is -0.875. The van der Waals surface area contributed by atoms with Gasteiger partial charge in [-0.25, -0.2) is 4.39 Å². The van der Waals surface area contributed by atoms with Crippen LogP contribution in [0, 0.1) is 5.82 Å². The summed E-state index contributed by atoms with van der Waals surface area (Å²) in [6.07, 6.45) is 0. The van der Waals surface area contributed by atoms with Crippen LogP contribution in [0.2, 0.25) is 0 Å². The van der Waals surface area contributed by atoms with E-state index in [1.165, 1.54) is 23.8 Å². The van der Waals surface area contributed by atoms with Gasteiger partial charge in [-0.05, 0) is 56.0 Å². The zero-order chi connectivity index (χ0) is 21.0. The van der Waals surface area contributed by atoms with Crippen molar-refractivity contribution in [3.8, 4) is 0 Å². The van der Waals surface area contributed by atoms with Gasteiger partial charge in [0.15, 0.2) is 0 Å². The number of fused-ring (bicyclic) bond motifs is 1. The summed E-state index contributed by atoms with van der Waals surface area (Å²) in [5.41, 5.74) is 1.07. The summed E-state index contributed by atoms with van der Waals surface area (Å²) in [4.78, 5) is 29.8. The number of hydrogen-bond acceptors (Lipinski definition) is 3. The van der Waals surface area contributed by atoms with Crippen LogP contribution in [0.1, 0.15) is 36.7 Å². The Morgan fingerprint density at radius 2 is 1.83 bits per heavy atom. The van der Waals surface area contributed by atoms with E-state index < -0.39 is 17.3 Å². The minimum atomic E-state index is -0.530. The van der Waals surface area contributed by atoms with E-state index in [9.17, 15) is 14.0 Å². The standard InChI is InChI=1S/C23H26FN3O2/c1-15(2)27(14-17-7-5-4-6-8-17)13-16(3)25-22(28)20-11-18-9-10-19(24)12-21(18)26-23(20)29/h4-12,15-16H,13-14H2,1-3H3,(H,25,28)(H,26,29). The molecule has 3 rings (SSSR count). The maximum atomic E-state index is 13.3. The van der Waals surface area contributed by atoms with E-state index in [1.807, 2.05) is 25.1 Å². The molecule has 152 valence electrons. The van der Waals surface area contributed by atoms with Crippen LogP contribution in [0.25, 0.3) is 10.9 Å². The molecule has 1 amide bonds. The molecule has 6 heteroatoms. The van der Waals surface area contributed by atoms with E-state index in [2.05, 4.69) is 41.2 Å². The highest BCUT2D eigenvalue weighted by molar-refractivity contribution is 5.97. The van der Waals surface area contributed by atoms with Gasteiger partial charge in [0.05, 0.1) is 5.52 Å².